The van der Waals surface area contributed by atoms with Gasteiger partial charge < -0.3 is 9.26 Å². The Morgan fingerprint density at radius 3 is 2.77 bits per heavy atom. The van der Waals surface area contributed by atoms with E-state index in [1.807, 2.05) is 42.5 Å². The van der Waals surface area contributed by atoms with Crippen molar-refractivity contribution in [1.29, 1.82) is 0 Å². The second-order valence-electron chi connectivity index (χ2n) is 5.76. The fraction of sp³-hybridized carbons (Fsp3) is 0.158. The molecule has 0 spiro atoms. The number of carbonyl (C=O) groups is 1. The van der Waals surface area contributed by atoms with Gasteiger partial charge in [-0.25, -0.2) is 4.79 Å². The number of H-pyrrole nitrogens is 1. The molecule has 0 amide bonds. The van der Waals surface area contributed by atoms with Crippen LogP contribution in [0, 0.1) is 0 Å². The maximum atomic E-state index is 12.2. The number of nitrogens with one attached hydrogen (secondary N) is 1. The summed E-state index contributed by atoms with van der Waals surface area (Å²) in [7, 11) is 0. The van der Waals surface area contributed by atoms with E-state index in [-0.39, 0.29) is 18.2 Å². The predicted octanol–water partition coefficient (Wildman–Crippen LogP) is 3.53. The zero-order valence-electron chi connectivity index (χ0n) is 14.1. The number of esters is 1. The van der Waals surface area contributed by atoms with Crippen molar-refractivity contribution >= 4 is 16.9 Å². The minimum Gasteiger partial charge on any atom is -0.451 e. The van der Waals surface area contributed by atoms with Crippen LogP contribution in [0.5, 0.6) is 0 Å². The molecule has 0 bridgehead atoms. The molecule has 0 saturated carbocycles. The van der Waals surface area contributed by atoms with Gasteiger partial charge in [-0.1, -0.05) is 54.5 Å². The topological polar surface area (TPSA) is 93.9 Å². The van der Waals surface area contributed by atoms with Gasteiger partial charge in [-0.05, 0) is 18.1 Å². The van der Waals surface area contributed by atoms with Gasteiger partial charge in [-0.15, -0.1) is 0 Å². The summed E-state index contributed by atoms with van der Waals surface area (Å²) in [5.74, 6) is 0.145. The average Bonchev–Trinajstić information content (AvgIpc) is 3.33. The van der Waals surface area contributed by atoms with Crippen molar-refractivity contribution in [1.82, 2.24) is 20.3 Å². The van der Waals surface area contributed by atoms with Crippen LogP contribution < -0.4 is 0 Å². The number of para-hydroxylation sites is 1. The number of fused-ring (bicyclic) bond motifs is 1. The zero-order chi connectivity index (χ0) is 17.9. The Morgan fingerprint density at radius 2 is 1.96 bits per heavy atom. The molecule has 0 saturated heterocycles. The predicted molar refractivity (Wildman–Crippen MR) is 94.3 cm³/mol. The molecule has 0 aliphatic rings. The smallest absolute Gasteiger partial charge is 0.359 e. The molecular weight excluding hydrogens is 332 g/mol. The number of hydrogen-bond donors (Lipinski definition) is 1. The molecule has 130 valence electrons. The Balaban J connectivity index is 1.45. The van der Waals surface area contributed by atoms with Crippen molar-refractivity contribution in [3.8, 4) is 11.4 Å². The van der Waals surface area contributed by atoms with Crippen LogP contribution in [0.1, 0.15) is 28.9 Å². The number of aromatic nitrogens is 4. The number of nitrogens with zero attached hydrogens (tertiary/aromatic N) is 3. The van der Waals surface area contributed by atoms with Crippen LogP contribution in [-0.2, 0) is 17.8 Å². The normalized spacial score (nSPS) is 11.0. The van der Waals surface area contributed by atoms with Gasteiger partial charge in [-0.3, -0.25) is 5.10 Å². The Labute approximate surface area is 149 Å². The van der Waals surface area contributed by atoms with Crippen LogP contribution in [0.3, 0.4) is 0 Å². The molecule has 0 radical (unpaired) electrons. The van der Waals surface area contributed by atoms with Gasteiger partial charge in [0.2, 0.25) is 5.82 Å². The Morgan fingerprint density at radius 1 is 1.15 bits per heavy atom. The molecule has 2 aromatic heterocycles. The SMILES string of the molecule is CCc1ccc(-c2noc(COC(=O)c3n[nH]c4ccccc34)n2)cc1. The molecule has 0 atom stereocenters. The van der Waals surface area contributed by atoms with E-state index in [0.717, 1.165) is 17.5 Å². The van der Waals surface area contributed by atoms with Crippen LogP contribution >= 0.6 is 0 Å². The molecule has 4 aromatic rings. The number of rotatable bonds is 5. The number of ether oxygens (including phenoxy) is 1. The van der Waals surface area contributed by atoms with E-state index < -0.39 is 5.97 Å². The summed E-state index contributed by atoms with van der Waals surface area (Å²) in [4.78, 5) is 16.5. The molecule has 4 rings (SSSR count). The number of benzene rings is 2. The Kier molecular flexibility index (Phi) is 4.18. The summed E-state index contributed by atoms with van der Waals surface area (Å²) in [5.41, 5.74) is 3.09. The minimum absolute atomic E-state index is 0.111. The average molecular weight is 348 g/mol. The van der Waals surface area contributed by atoms with Gasteiger partial charge in [0.25, 0.3) is 5.89 Å². The Bertz CT molecular complexity index is 1050. The minimum atomic E-state index is -0.547. The van der Waals surface area contributed by atoms with Crippen molar-refractivity contribution in [2.45, 2.75) is 20.0 Å². The standard InChI is InChI=1S/C19H16N4O3/c1-2-12-7-9-13(10-8-12)18-20-16(26-23-18)11-25-19(24)17-14-5-3-4-6-15(14)21-22-17/h3-10H,2,11H2,1H3,(H,21,22). The molecule has 2 heterocycles. The van der Waals surface area contributed by atoms with Gasteiger partial charge in [0.15, 0.2) is 12.3 Å². The van der Waals surface area contributed by atoms with Crippen molar-refractivity contribution in [2.75, 3.05) is 0 Å². The van der Waals surface area contributed by atoms with Crippen LogP contribution in [0.25, 0.3) is 22.3 Å². The summed E-state index contributed by atoms with van der Waals surface area (Å²) >= 11 is 0. The highest BCUT2D eigenvalue weighted by Gasteiger charge is 2.17. The van der Waals surface area contributed by atoms with E-state index in [0.29, 0.717) is 11.2 Å². The van der Waals surface area contributed by atoms with E-state index in [2.05, 4.69) is 27.3 Å². The summed E-state index contributed by atoms with van der Waals surface area (Å²) in [5, 5.41) is 11.5. The zero-order valence-corrected chi connectivity index (χ0v) is 14.1. The number of hydrogen-bond acceptors (Lipinski definition) is 6. The van der Waals surface area contributed by atoms with Gasteiger partial charge in [0.05, 0.1) is 5.52 Å². The molecular formula is C19H16N4O3. The molecule has 0 fully saturated rings. The van der Waals surface area contributed by atoms with Crippen molar-refractivity contribution in [2.24, 2.45) is 0 Å². The molecule has 7 heteroatoms. The third kappa shape index (κ3) is 3.06. The summed E-state index contributed by atoms with van der Waals surface area (Å²) < 4.78 is 10.4. The van der Waals surface area contributed by atoms with Crippen LogP contribution in [-0.4, -0.2) is 26.3 Å². The first-order chi connectivity index (χ1) is 12.7. The highest BCUT2D eigenvalue weighted by Crippen LogP contribution is 2.19. The third-order valence-corrected chi connectivity index (χ3v) is 4.08. The first-order valence-corrected chi connectivity index (χ1v) is 8.26. The third-order valence-electron chi connectivity index (χ3n) is 4.08. The van der Waals surface area contributed by atoms with E-state index in [1.54, 1.807) is 6.07 Å². The second kappa shape index (κ2) is 6.79. The highest BCUT2D eigenvalue weighted by atomic mass is 16.6. The molecule has 1 N–H and O–H groups in total. The van der Waals surface area contributed by atoms with Crippen LogP contribution in [0.4, 0.5) is 0 Å². The number of aryl methyl sites for hydroxylation is 1. The van der Waals surface area contributed by atoms with E-state index >= 15 is 0 Å². The first-order valence-electron chi connectivity index (χ1n) is 8.26. The lowest BCUT2D eigenvalue weighted by atomic mass is 10.1. The van der Waals surface area contributed by atoms with E-state index in [1.165, 1.54) is 5.56 Å². The van der Waals surface area contributed by atoms with Gasteiger partial charge in [0.1, 0.15) is 0 Å². The molecule has 26 heavy (non-hydrogen) atoms. The number of carbonyl (C=O) groups excluding carboxylic acids is 1. The maximum Gasteiger partial charge on any atom is 0.359 e. The monoisotopic (exact) mass is 348 g/mol. The summed E-state index contributed by atoms with van der Waals surface area (Å²) in [6.07, 6.45) is 0.968. The largest absolute Gasteiger partial charge is 0.451 e. The highest BCUT2D eigenvalue weighted by molar-refractivity contribution is 6.01. The Hall–Kier alpha value is -3.48. The fourth-order valence-electron chi connectivity index (χ4n) is 2.63. The lowest BCUT2D eigenvalue weighted by Crippen LogP contribution is -2.06. The first kappa shape index (κ1) is 16.0. The van der Waals surface area contributed by atoms with Gasteiger partial charge in [-0.2, -0.15) is 10.1 Å². The number of aromatic amines is 1. The molecule has 0 aliphatic heterocycles. The maximum absolute atomic E-state index is 12.2. The van der Waals surface area contributed by atoms with Crippen LogP contribution in [0.2, 0.25) is 0 Å². The van der Waals surface area contributed by atoms with Gasteiger partial charge >= 0.3 is 5.97 Å². The van der Waals surface area contributed by atoms with Crippen molar-refractivity contribution < 1.29 is 14.1 Å². The second-order valence-corrected chi connectivity index (χ2v) is 5.76. The van der Waals surface area contributed by atoms with Gasteiger partial charge in [0, 0.05) is 10.9 Å². The lowest BCUT2D eigenvalue weighted by Gasteiger charge is -1.99. The summed E-state index contributed by atoms with van der Waals surface area (Å²) in [6.45, 7) is 1.98. The van der Waals surface area contributed by atoms with Crippen molar-refractivity contribution in [3.05, 3.63) is 65.7 Å². The van der Waals surface area contributed by atoms with Crippen LogP contribution in [0.15, 0.2) is 53.1 Å². The fourth-order valence-corrected chi connectivity index (χ4v) is 2.63. The molecule has 2 aromatic carbocycles. The molecule has 7 nitrogen and oxygen atoms in total. The van der Waals surface area contributed by atoms with E-state index in [9.17, 15) is 4.79 Å². The van der Waals surface area contributed by atoms with E-state index in [4.69, 9.17) is 9.26 Å². The quantitative estimate of drug-likeness (QED) is 0.555. The lowest BCUT2D eigenvalue weighted by molar-refractivity contribution is 0.0425. The molecule has 0 aliphatic carbocycles. The molecule has 0 unspecified atom stereocenters. The summed E-state index contributed by atoms with van der Waals surface area (Å²) in [6, 6.07) is 15.3. The van der Waals surface area contributed by atoms with Crippen molar-refractivity contribution in [3.63, 3.8) is 0 Å².